The highest BCUT2D eigenvalue weighted by Gasteiger charge is 2.06. The molecule has 3 heteroatoms. The molecule has 0 aliphatic carbocycles. The van der Waals surface area contributed by atoms with Crippen molar-refractivity contribution in [3.05, 3.63) is 71.3 Å². The molecule has 2 rings (SSSR count). The molecule has 98 valence electrons. The number of carboxylic acid groups (broad SMARTS) is 1. The zero-order valence-corrected chi connectivity index (χ0v) is 10.8. The Morgan fingerprint density at radius 3 is 2.58 bits per heavy atom. The highest BCUT2D eigenvalue weighted by Crippen LogP contribution is 2.13. The van der Waals surface area contributed by atoms with Crippen LogP contribution in [0.4, 0.5) is 0 Å². The van der Waals surface area contributed by atoms with E-state index >= 15 is 0 Å². The second kappa shape index (κ2) is 6.16. The Labute approximate surface area is 112 Å². The molecule has 0 heterocycles. The molecule has 0 bridgehead atoms. The number of aromatic carboxylic acids is 1. The van der Waals surface area contributed by atoms with Crippen molar-refractivity contribution in [2.75, 3.05) is 0 Å². The lowest BCUT2D eigenvalue weighted by Crippen LogP contribution is -2.18. The van der Waals surface area contributed by atoms with Gasteiger partial charge in [-0.15, -0.1) is 0 Å². The number of carboxylic acids is 1. The van der Waals surface area contributed by atoms with Crippen molar-refractivity contribution in [2.24, 2.45) is 0 Å². The van der Waals surface area contributed by atoms with Gasteiger partial charge < -0.3 is 10.4 Å². The van der Waals surface area contributed by atoms with E-state index in [2.05, 4.69) is 24.4 Å². The third-order valence-electron chi connectivity index (χ3n) is 3.09. The Balaban J connectivity index is 1.99. The monoisotopic (exact) mass is 255 g/mol. The number of hydrogen-bond acceptors (Lipinski definition) is 2. The summed E-state index contributed by atoms with van der Waals surface area (Å²) < 4.78 is 0. The normalized spacial score (nSPS) is 12.1. The molecule has 0 fully saturated rings. The van der Waals surface area contributed by atoms with Crippen LogP contribution in [0.3, 0.4) is 0 Å². The standard InChI is InChI=1S/C16H17NO2/c1-12(14-7-3-2-4-8-14)17-11-13-6-5-9-15(10-13)16(18)19/h2-10,12,17H,11H2,1H3,(H,18,19). The van der Waals surface area contributed by atoms with Gasteiger partial charge in [-0.05, 0) is 30.2 Å². The summed E-state index contributed by atoms with van der Waals surface area (Å²) in [6.45, 7) is 2.74. The Morgan fingerprint density at radius 2 is 1.89 bits per heavy atom. The van der Waals surface area contributed by atoms with E-state index in [0.717, 1.165) is 5.56 Å². The Hall–Kier alpha value is -2.13. The minimum Gasteiger partial charge on any atom is -0.478 e. The van der Waals surface area contributed by atoms with E-state index in [4.69, 9.17) is 5.11 Å². The molecule has 0 radical (unpaired) electrons. The number of hydrogen-bond donors (Lipinski definition) is 2. The van der Waals surface area contributed by atoms with E-state index in [1.165, 1.54) is 5.56 Å². The van der Waals surface area contributed by atoms with E-state index in [-0.39, 0.29) is 6.04 Å². The van der Waals surface area contributed by atoms with Gasteiger partial charge in [0, 0.05) is 12.6 Å². The zero-order chi connectivity index (χ0) is 13.7. The number of benzene rings is 2. The zero-order valence-electron chi connectivity index (χ0n) is 10.8. The molecule has 19 heavy (non-hydrogen) atoms. The van der Waals surface area contributed by atoms with Crippen molar-refractivity contribution in [1.82, 2.24) is 5.32 Å². The van der Waals surface area contributed by atoms with Crippen molar-refractivity contribution < 1.29 is 9.90 Å². The lowest BCUT2D eigenvalue weighted by molar-refractivity contribution is 0.0696. The minimum absolute atomic E-state index is 0.231. The summed E-state index contributed by atoms with van der Waals surface area (Å²) in [4.78, 5) is 10.9. The summed E-state index contributed by atoms with van der Waals surface area (Å²) in [6, 6.07) is 17.4. The van der Waals surface area contributed by atoms with Gasteiger partial charge in [0.15, 0.2) is 0 Å². The van der Waals surface area contributed by atoms with Crippen LogP contribution in [0.25, 0.3) is 0 Å². The summed E-state index contributed by atoms with van der Waals surface area (Å²) in [5.41, 5.74) is 2.52. The topological polar surface area (TPSA) is 49.3 Å². The van der Waals surface area contributed by atoms with E-state index < -0.39 is 5.97 Å². The second-order valence-electron chi connectivity index (χ2n) is 4.52. The summed E-state index contributed by atoms with van der Waals surface area (Å²) in [5, 5.41) is 12.3. The van der Waals surface area contributed by atoms with Crippen LogP contribution >= 0.6 is 0 Å². The average molecular weight is 255 g/mol. The first-order valence-corrected chi connectivity index (χ1v) is 6.27. The van der Waals surface area contributed by atoms with Gasteiger partial charge in [-0.3, -0.25) is 0 Å². The fourth-order valence-electron chi connectivity index (χ4n) is 1.94. The van der Waals surface area contributed by atoms with Crippen LogP contribution in [-0.2, 0) is 6.54 Å². The Morgan fingerprint density at radius 1 is 1.16 bits per heavy atom. The van der Waals surface area contributed by atoms with Crippen LogP contribution in [0.15, 0.2) is 54.6 Å². The van der Waals surface area contributed by atoms with Crippen molar-refractivity contribution in [1.29, 1.82) is 0 Å². The third-order valence-corrected chi connectivity index (χ3v) is 3.09. The van der Waals surface area contributed by atoms with Crippen molar-refractivity contribution in [3.63, 3.8) is 0 Å². The minimum atomic E-state index is -0.891. The number of nitrogens with one attached hydrogen (secondary N) is 1. The van der Waals surface area contributed by atoms with Crippen LogP contribution in [0, 0.1) is 0 Å². The molecule has 0 amide bonds. The fourth-order valence-corrected chi connectivity index (χ4v) is 1.94. The lowest BCUT2D eigenvalue weighted by atomic mass is 10.1. The molecule has 2 N–H and O–H groups in total. The summed E-state index contributed by atoms with van der Waals surface area (Å²) >= 11 is 0. The molecule has 3 nitrogen and oxygen atoms in total. The van der Waals surface area contributed by atoms with Gasteiger partial charge in [0.2, 0.25) is 0 Å². The van der Waals surface area contributed by atoms with Gasteiger partial charge >= 0.3 is 5.97 Å². The largest absolute Gasteiger partial charge is 0.478 e. The Kier molecular flexibility index (Phi) is 4.31. The van der Waals surface area contributed by atoms with E-state index in [9.17, 15) is 4.79 Å². The average Bonchev–Trinajstić information content (AvgIpc) is 2.46. The molecule has 0 saturated heterocycles. The highest BCUT2D eigenvalue weighted by atomic mass is 16.4. The molecule has 1 unspecified atom stereocenters. The second-order valence-corrected chi connectivity index (χ2v) is 4.52. The Bertz CT molecular complexity index is 552. The molecule has 0 aromatic heterocycles. The van der Waals surface area contributed by atoms with E-state index in [1.54, 1.807) is 18.2 Å². The number of rotatable bonds is 5. The molecular formula is C16H17NO2. The molecule has 0 spiro atoms. The first-order chi connectivity index (χ1) is 9.16. The smallest absolute Gasteiger partial charge is 0.335 e. The molecule has 0 aliphatic rings. The maximum Gasteiger partial charge on any atom is 0.335 e. The van der Waals surface area contributed by atoms with Crippen LogP contribution in [0.2, 0.25) is 0 Å². The molecular weight excluding hydrogens is 238 g/mol. The predicted octanol–water partition coefficient (Wildman–Crippen LogP) is 3.24. The number of carbonyl (C=O) groups is 1. The highest BCUT2D eigenvalue weighted by molar-refractivity contribution is 5.87. The molecule has 2 aromatic rings. The first kappa shape index (κ1) is 13.3. The predicted molar refractivity (Wildman–Crippen MR) is 75.1 cm³/mol. The summed E-state index contributed by atoms with van der Waals surface area (Å²) in [7, 11) is 0. The maximum absolute atomic E-state index is 10.9. The maximum atomic E-state index is 10.9. The van der Waals surface area contributed by atoms with Crippen LogP contribution < -0.4 is 5.32 Å². The SMILES string of the molecule is CC(NCc1cccc(C(=O)O)c1)c1ccccc1. The van der Waals surface area contributed by atoms with Crippen LogP contribution in [0.1, 0.15) is 34.5 Å². The van der Waals surface area contributed by atoms with Gasteiger partial charge in [-0.25, -0.2) is 4.79 Å². The first-order valence-electron chi connectivity index (χ1n) is 6.27. The van der Waals surface area contributed by atoms with Crippen molar-refractivity contribution >= 4 is 5.97 Å². The third kappa shape index (κ3) is 3.66. The molecule has 0 aliphatic heterocycles. The van der Waals surface area contributed by atoms with Gasteiger partial charge in [0.1, 0.15) is 0 Å². The molecule has 1 atom stereocenters. The van der Waals surface area contributed by atoms with Gasteiger partial charge in [-0.1, -0.05) is 42.5 Å². The van der Waals surface area contributed by atoms with Crippen LogP contribution in [-0.4, -0.2) is 11.1 Å². The fraction of sp³-hybridized carbons (Fsp3) is 0.188. The van der Waals surface area contributed by atoms with Gasteiger partial charge in [0.25, 0.3) is 0 Å². The van der Waals surface area contributed by atoms with Crippen molar-refractivity contribution in [2.45, 2.75) is 19.5 Å². The molecule has 0 saturated carbocycles. The van der Waals surface area contributed by atoms with Crippen molar-refractivity contribution in [3.8, 4) is 0 Å². The van der Waals surface area contributed by atoms with Gasteiger partial charge in [-0.2, -0.15) is 0 Å². The van der Waals surface area contributed by atoms with E-state index in [0.29, 0.717) is 12.1 Å². The summed E-state index contributed by atoms with van der Waals surface area (Å²) in [5.74, 6) is -0.891. The quantitative estimate of drug-likeness (QED) is 0.862. The van der Waals surface area contributed by atoms with E-state index in [1.807, 2.05) is 24.3 Å². The van der Waals surface area contributed by atoms with Gasteiger partial charge in [0.05, 0.1) is 5.56 Å². The molecule has 2 aromatic carbocycles. The summed E-state index contributed by atoms with van der Waals surface area (Å²) in [6.07, 6.45) is 0. The lowest BCUT2D eigenvalue weighted by Gasteiger charge is -2.14. The van der Waals surface area contributed by atoms with Crippen LogP contribution in [0.5, 0.6) is 0 Å².